The van der Waals surface area contributed by atoms with E-state index in [-0.39, 0.29) is 28.0 Å². The zero-order valence-corrected chi connectivity index (χ0v) is 25.8. The summed E-state index contributed by atoms with van der Waals surface area (Å²) in [6, 6.07) is 16.1. The summed E-state index contributed by atoms with van der Waals surface area (Å²) >= 11 is 2.55. The SMILES string of the molecule is CCCOc1ccc(C2C(=C(O)c3nc4c(C)cccn4c3C)C(=O)C(=O)N2c2nnc(SCc3ccc(F)cc3)s2)cc1. The summed E-state index contributed by atoms with van der Waals surface area (Å²) in [5, 5.41) is 20.4. The number of ether oxygens (including phenoxy) is 1. The number of imidazole rings is 1. The number of fused-ring (bicyclic) bond motifs is 1. The molecule has 0 aliphatic carbocycles. The maximum Gasteiger partial charge on any atom is 0.301 e. The van der Waals surface area contributed by atoms with Gasteiger partial charge in [-0.3, -0.25) is 14.5 Å². The zero-order valence-electron chi connectivity index (χ0n) is 24.2. The average molecular weight is 630 g/mol. The van der Waals surface area contributed by atoms with Gasteiger partial charge in [0, 0.05) is 11.9 Å². The average Bonchev–Trinajstić information content (AvgIpc) is 3.71. The van der Waals surface area contributed by atoms with Gasteiger partial charge in [0.1, 0.15) is 22.9 Å². The van der Waals surface area contributed by atoms with Gasteiger partial charge in [0.05, 0.1) is 23.9 Å². The number of thioether (sulfide) groups is 1. The number of benzene rings is 2. The molecule has 3 aromatic heterocycles. The topological polar surface area (TPSA) is 110 Å². The van der Waals surface area contributed by atoms with Crippen LogP contribution in [0.4, 0.5) is 9.52 Å². The molecule has 0 saturated carbocycles. The number of rotatable bonds is 9. The van der Waals surface area contributed by atoms with Gasteiger partial charge in [-0.2, -0.15) is 0 Å². The summed E-state index contributed by atoms with van der Waals surface area (Å²) in [5.41, 5.74) is 3.79. The molecule has 9 nitrogen and oxygen atoms in total. The first-order valence-corrected chi connectivity index (χ1v) is 15.8. The fourth-order valence-corrected chi connectivity index (χ4v) is 6.89. The van der Waals surface area contributed by atoms with E-state index in [1.807, 2.05) is 36.6 Å². The first kappa shape index (κ1) is 29.5. The molecule has 1 fully saturated rings. The molecule has 0 bridgehead atoms. The minimum absolute atomic E-state index is 0.0860. The van der Waals surface area contributed by atoms with E-state index < -0.39 is 17.7 Å². The Bertz CT molecular complexity index is 1900. The molecule has 1 amide bonds. The molecule has 2 aromatic carbocycles. The van der Waals surface area contributed by atoms with E-state index >= 15 is 0 Å². The van der Waals surface area contributed by atoms with Crippen LogP contribution in [0.2, 0.25) is 0 Å². The van der Waals surface area contributed by atoms with Gasteiger partial charge in [0.2, 0.25) is 5.13 Å². The van der Waals surface area contributed by atoms with Crippen LogP contribution < -0.4 is 9.64 Å². The van der Waals surface area contributed by atoms with Crippen molar-refractivity contribution in [1.29, 1.82) is 0 Å². The lowest BCUT2D eigenvalue weighted by Gasteiger charge is -2.22. The molecule has 12 heteroatoms. The second-order valence-corrected chi connectivity index (χ2v) is 12.5. The Morgan fingerprint density at radius 1 is 1.07 bits per heavy atom. The maximum absolute atomic E-state index is 13.7. The second kappa shape index (κ2) is 12.2. The molecule has 1 unspecified atom stereocenters. The third kappa shape index (κ3) is 5.46. The number of amides is 1. The van der Waals surface area contributed by atoms with Gasteiger partial charge in [0.15, 0.2) is 10.1 Å². The quantitative estimate of drug-likeness (QED) is 0.0635. The van der Waals surface area contributed by atoms with Gasteiger partial charge in [-0.05, 0) is 67.3 Å². The summed E-state index contributed by atoms with van der Waals surface area (Å²) in [5.74, 6) is -1.18. The third-order valence-electron chi connectivity index (χ3n) is 7.30. The van der Waals surface area contributed by atoms with Crippen molar-refractivity contribution in [2.45, 2.75) is 43.3 Å². The highest BCUT2D eigenvalue weighted by Crippen LogP contribution is 2.44. The number of pyridine rings is 1. The van der Waals surface area contributed by atoms with E-state index in [0.29, 0.717) is 39.4 Å². The molecule has 1 aliphatic rings. The number of hydrogen-bond donors (Lipinski definition) is 1. The van der Waals surface area contributed by atoms with Gasteiger partial charge >= 0.3 is 5.91 Å². The molecule has 5 aromatic rings. The Kier molecular flexibility index (Phi) is 8.19. The molecule has 1 saturated heterocycles. The molecule has 1 N–H and O–H groups in total. The van der Waals surface area contributed by atoms with Crippen molar-refractivity contribution in [3.63, 3.8) is 0 Å². The van der Waals surface area contributed by atoms with Crippen LogP contribution >= 0.6 is 23.1 Å². The molecule has 0 spiro atoms. The van der Waals surface area contributed by atoms with Crippen molar-refractivity contribution in [1.82, 2.24) is 19.6 Å². The van der Waals surface area contributed by atoms with Crippen LogP contribution in [-0.2, 0) is 15.3 Å². The summed E-state index contributed by atoms with van der Waals surface area (Å²) in [7, 11) is 0. The van der Waals surface area contributed by atoms with Gasteiger partial charge in [0.25, 0.3) is 5.78 Å². The Balaban J connectivity index is 1.42. The van der Waals surface area contributed by atoms with E-state index in [1.165, 1.54) is 28.8 Å². The lowest BCUT2D eigenvalue weighted by Crippen LogP contribution is -2.29. The zero-order chi connectivity index (χ0) is 31.0. The number of anilines is 1. The third-order valence-corrected chi connectivity index (χ3v) is 9.43. The number of carbonyl (C=O) groups is 2. The van der Waals surface area contributed by atoms with Gasteiger partial charge < -0.3 is 14.2 Å². The van der Waals surface area contributed by atoms with E-state index in [4.69, 9.17) is 4.74 Å². The number of Topliss-reactive ketones (excluding diaryl/α,β-unsaturated/α-hetero) is 1. The van der Waals surface area contributed by atoms with Gasteiger partial charge in [-0.1, -0.05) is 60.4 Å². The van der Waals surface area contributed by atoms with Crippen molar-refractivity contribution in [2.24, 2.45) is 0 Å². The van der Waals surface area contributed by atoms with Crippen LogP contribution in [0.5, 0.6) is 5.75 Å². The van der Waals surface area contributed by atoms with Crippen molar-refractivity contribution in [3.8, 4) is 5.75 Å². The number of nitrogens with zero attached hydrogens (tertiary/aromatic N) is 5. The van der Waals surface area contributed by atoms with Crippen LogP contribution in [0.3, 0.4) is 0 Å². The van der Waals surface area contributed by atoms with E-state index in [0.717, 1.165) is 28.9 Å². The van der Waals surface area contributed by atoms with Crippen LogP contribution in [0.1, 0.15) is 47.5 Å². The number of hydrogen-bond acceptors (Lipinski definition) is 9. The molecule has 0 radical (unpaired) electrons. The smallest absolute Gasteiger partial charge is 0.301 e. The number of aliphatic hydroxyl groups excluding tert-OH is 1. The molecular formula is C32H28FN5O4S2. The highest BCUT2D eigenvalue weighted by Gasteiger charge is 2.49. The fourth-order valence-electron chi connectivity index (χ4n) is 5.07. The molecular weight excluding hydrogens is 602 g/mol. The first-order valence-electron chi connectivity index (χ1n) is 14.0. The molecule has 224 valence electrons. The summed E-state index contributed by atoms with van der Waals surface area (Å²) in [4.78, 5) is 33.3. The Hall–Kier alpha value is -4.55. The number of aliphatic hydroxyl groups is 1. The summed E-state index contributed by atoms with van der Waals surface area (Å²) < 4.78 is 21.5. The minimum Gasteiger partial charge on any atom is -0.505 e. The highest BCUT2D eigenvalue weighted by atomic mass is 32.2. The first-order chi connectivity index (χ1) is 21.3. The minimum atomic E-state index is -0.983. The van der Waals surface area contributed by atoms with Crippen LogP contribution in [-0.4, -0.2) is 43.0 Å². The second-order valence-electron chi connectivity index (χ2n) is 10.3. The standard InChI is InChI=1S/C32H28FN5O4S2/c1-4-16-42-23-13-9-21(10-14-23)26-24(27(39)25-19(3)37-15-5-6-18(2)29(37)34-25)28(40)30(41)38(26)31-35-36-32(44-31)43-17-20-7-11-22(33)12-8-20/h5-15,26,39H,4,16-17H2,1-3H3. The molecule has 1 atom stereocenters. The van der Waals surface area contributed by atoms with Crippen molar-refractivity contribution >= 4 is 51.3 Å². The number of aromatic nitrogens is 4. The predicted octanol–water partition coefficient (Wildman–Crippen LogP) is 6.65. The number of carbonyl (C=O) groups excluding carboxylic acids is 2. The van der Waals surface area contributed by atoms with Crippen LogP contribution in [0, 0.1) is 19.7 Å². The Morgan fingerprint density at radius 3 is 2.52 bits per heavy atom. The number of aryl methyl sites for hydroxylation is 2. The molecule has 4 heterocycles. The Labute approximate surface area is 261 Å². The lowest BCUT2D eigenvalue weighted by molar-refractivity contribution is -0.132. The number of halogens is 1. The van der Waals surface area contributed by atoms with Crippen molar-refractivity contribution in [3.05, 3.63) is 106 Å². The van der Waals surface area contributed by atoms with Gasteiger partial charge in [-0.15, -0.1) is 10.2 Å². The van der Waals surface area contributed by atoms with E-state index in [1.54, 1.807) is 43.3 Å². The Morgan fingerprint density at radius 2 is 1.82 bits per heavy atom. The fraction of sp³-hybridized carbons (Fsp3) is 0.219. The normalized spacial score (nSPS) is 16.3. The molecule has 1 aliphatic heterocycles. The monoisotopic (exact) mass is 629 g/mol. The molecule has 44 heavy (non-hydrogen) atoms. The van der Waals surface area contributed by atoms with Crippen LogP contribution in [0.15, 0.2) is 76.8 Å². The predicted molar refractivity (Wildman–Crippen MR) is 168 cm³/mol. The van der Waals surface area contributed by atoms with Crippen LogP contribution in [0.25, 0.3) is 11.4 Å². The maximum atomic E-state index is 13.7. The van der Waals surface area contributed by atoms with Crippen molar-refractivity contribution < 1.29 is 23.8 Å². The van der Waals surface area contributed by atoms with Gasteiger partial charge in [-0.25, -0.2) is 9.37 Å². The highest BCUT2D eigenvalue weighted by molar-refractivity contribution is 8.00. The van der Waals surface area contributed by atoms with Crippen molar-refractivity contribution in [2.75, 3.05) is 11.5 Å². The van der Waals surface area contributed by atoms with E-state index in [2.05, 4.69) is 15.2 Å². The summed E-state index contributed by atoms with van der Waals surface area (Å²) in [6.45, 7) is 6.27. The van der Waals surface area contributed by atoms with E-state index in [9.17, 15) is 19.1 Å². The molecule has 6 rings (SSSR count). The lowest BCUT2D eigenvalue weighted by atomic mass is 9.96. The number of ketones is 1. The summed E-state index contributed by atoms with van der Waals surface area (Å²) in [6.07, 6.45) is 2.68. The largest absolute Gasteiger partial charge is 0.505 e.